The van der Waals surface area contributed by atoms with Crippen LogP contribution in [0.1, 0.15) is 31.7 Å². The maximum atomic E-state index is 5.92. The fourth-order valence-corrected chi connectivity index (χ4v) is 3.23. The highest BCUT2D eigenvalue weighted by Crippen LogP contribution is 2.25. The van der Waals surface area contributed by atoms with Crippen molar-refractivity contribution in [2.45, 2.75) is 26.2 Å². The fraction of sp³-hybridized carbons (Fsp3) is 0.238. The lowest BCUT2D eigenvalue weighted by molar-refractivity contribution is 0.306. The Morgan fingerprint density at radius 1 is 1.11 bits per heavy atom. The number of hydrazone groups is 1. The van der Waals surface area contributed by atoms with Gasteiger partial charge in [0.15, 0.2) is 0 Å². The van der Waals surface area contributed by atoms with E-state index in [1.165, 1.54) is 24.2 Å². The predicted octanol–water partition coefficient (Wildman–Crippen LogP) is 6.48. The molecule has 1 aromatic heterocycles. The highest BCUT2D eigenvalue weighted by molar-refractivity contribution is 7.14. The first-order valence-electron chi connectivity index (χ1n) is 8.98. The van der Waals surface area contributed by atoms with E-state index in [0.29, 0.717) is 5.02 Å². The second-order valence-electron chi connectivity index (χ2n) is 6.04. The minimum Gasteiger partial charge on any atom is -0.494 e. The predicted molar refractivity (Wildman–Crippen MR) is 115 cm³/mol. The highest BCUT2D eigenvalue weighted by Gasteiger charge is 2.03. The smallest absolute Gasteiger partial charge is 0.203 e. The number of aromatic nitrogens is 1. The van der Waals surface area contributed by atoms with Gasteiger partial charge >= 0.3 is 0 Å². The number of benzene rings is 2. The third-order valence-corrected chi connectivity index (χ3v) is 4.91. The molecule has 0 saturated heterocycles. The molecule has 6 heteroatoms. The molecule has 0 radical (unpaired) electrons. The van der Waals surface area contributed by atoms with Gasteiger partial charge in [-0.25, -0.2) is 4.98 Å². The van der Waals surface area contributed by atoms with Gasteiger partial charge in [0.2, 0.25) is 5.13 Å². The Hall–Kier alpha value is -2.37. The fourth-order valence-electron chi connectivity index (χ4n) is 2.43. The number of nitrogens with one attached hydrogen (secondary N) is 1. The molecular formula is C21H22ClN3OS. The third kappa shape index (κ3) is 6.08. The van der Waals surface area contributed by atoms with E-state index in [4.69, 9.17) is 16.3 Å². The van der Waals surface area contributed by atoms with Crippen LogP contribution in [0.25, 0.3) is 11.3 Å². The van der Waals surface area contributed by atoms with Crippen LogP contribution in [0.2, 0.25) is 5.02 Å². The van der Waals surface area contributed by atoms with E-state index in [1.54, 1.807) is 6.21 Å². The minimum absolute atomic E-state index is 0.717. The molecule has 0 aliphatic rings. The van der Waals surface area contributed by atoms with E-state index >= 15 is 0 Å². The number of halogens is 1. The summed E-state index contributed by atoms with van der Waals surface area (Å²) < 4.78 is 5.71. The van der Waals surface area contributed by atoms with Gasteiger partial charge in [0.25, 0.3) is 0 Å². The lowest BCUT2D eigenvalue weighted by Gasteiger charge is -2.05. The van der Waals surface area contributed by atoms with Gasteiger partial charge in [-0.15, -0.1) is 11.3 Å². The summed E-state index contributed by atoms with van der Waals surface area (Å²) in [5, 5.41) is 7.71. The van der Waals surface area contributed by atoms with Gasteiger partial charge in [0.05, 0.1) is 18.5 Å². The summed E-state index contributed by atoms with van der Waals surface area (Å²) in [5.74, 6) is 0.892. The summed E-state index contributed by atoms with van der Waals surface area (Å²) in [4.78, 5) is 4.53. The molecule has 3 rings (SSSR count). The molecule has 0 bridgehead atoms. The van der Waals surface area contributed by atoms with Gasteiger partial charge in [-0.05, 0) is 48.4 Å². The molecule has 0 saturated carbocycles. The maximum Gasteiger partial charge on any atom is 0.203 e. The Morgan fingerprint density at radius 3 is 2.63 bits per heavy atom. The molecule has 3 aromatic rings. The van der Waals surface area contributed by atoms with Gasteiger partial charge in [-0.2, -0.15) is 5.10 Å². The van der Waals surface area contributed by atoms with E-state index in [1.807, 2.05) is 53.9 Å². The maximum absolute atomic E-state index is 5.92. The molecule has 0 amide bonds. The van der Waals surface area contributed by atoms with Crippen LogP contribution in [0.5, 0.6) is 5.75 Å². The van der Waals surface area contributed by atoms with Crippen LogP contribution in [0, 0.1) is 0 Å². The molecule has 140 valence electrons. The van der Waals surface area contributed by atoms with Crippen molar-refractivity contribution in [3.63, 3.8) is 0 Å². The summed E-state index contributed by atoms with van der Waals surface area (Å²) in [7, 11) is 0. The average molecular weight is 400 g/mol. The second kappa shape index (κ2) is 10.1. The molecule has 27 heavy (non-hydrogen) atoms. The van der Waals surface area contributed by atoms with E-state index in [9.17, 15) is 0 Å². The van der Waals surface area contributed by atoms with Gasteiger partial charge in [0, 0.05) is 16.0 Å². The van der Waals surface area contributed by atoms with Crippen LogP contribution in [0.15, 0.2) is 59.0 Å². The van der Waals surface area contributed by atoms with Crippen molar-refractivity contribution in [2.75, 3.05) is 12.0 Å². The summed E-state index contributed by atoms with van der Waals surface area (Å²) in [6, 6.07) is 15.5. The van der Waals surface area contributed by atoms with E-state index in [-0.39, 0.29) is 0 Å². The zero-order chi connectivity index (χ0) is 18.9. The third-order valence-electron chi connectivity index (χ3n) is 3.91. The molecular weight excluding hydrogens is 378 g/mol. The van der Waals surface area contributed by atoms with E-state index in [2.05, 4.69) is 22.4 Å². The largest absolute Gasteiger partial charge is 0.494 e. The summed E-state index contributed by atoms with van der Waals surface area (Å²) in [6.07, 6.45) is 5.26. The molecule has 0 fully saturated rings. The van der Waals surface area contributed by atoms with E-state index in [0.717, 1.165) is 40.7 Å². The Kier molecular flexibility index (Phi) is 7.25. The molecule has 0 aliphatic carbocycles. The first kappa shape index (κ1) is 19.4. The molecule has 1 N–H and O–H groups in total. The van der Waals surface area contributed by atoms with Crippen molar-refractivity contribution in [3.8, 4) is 17.0 Å². The van der Waals surface area contributed by atoms with Crippen LogP contribution in [-0.4, -0.2) is 17.8 Å². The molecule has 1 heterocycles. The molecule has 0 unspecified atom stereocenters. The molecule has 0 atom stereocenters. The summed E-state index contributed by atoms with van der Waals surface area (Å²) in [6.45, 7) is 2.95. The number of nitrogens with zero attached hydrogens (tertiary/aromatic N) is 2. The first-order chi connectivity index (χ1) is 13.2. The topological polar surface area (TPSA) is 46.5 Å². The number of thiazole rings is 1. The van der Waals surface area contributed by atoms with Crippen LogP contribution in [-0.2, 0) is 0 Å². The number of anilines is 1. The summed E-state index contributed by atoms with van der Waals surface area (Å²) in [5.41, 5.74) is 5.91. The lowest BCUT2D eigenvalue weighted by Crippen LogP contribution is -1.97. The first-order valence-corrected chi connectivity index (χ1v) is 10.2. The number of hydrogen-bond acceptors (Lipinski definition) is 5. The second-order valence-corrected chi connectivity index (χ2v) is 7.33. The normalized spacial score (nSPS) is 11.0. The molecule has 0 spiro atoms. The Bertz CT molecular complexity index is 860. The van der Waals surface area contributed by atoms with Crippen LogP contribution < -0.4 is 10.2 Å². The van der Waals surface area contributed by atoms with Crippen LogP contribution >= 0.6 is 22.9 Å². The quantitative estimate of drug-likeness (QED) is 0.254. The zero-order valence-electron chi connectivity index (χ0n) is 15.2. The van der Waals surface area contributed by atoms with Gasteiger partial charge in [-0.3, -0.25) is 5.43 Å². The zero-order valence-corrected chi connectivity index (χ0v) is 16.8. The molecule has 0 aliphatic heterocycles. The van der Waals surface area contributed by atoms with Crippen molar-refractivity contribution >= 4 is 34.3 Å². The summed E-state index contributed by atoms with van der Waals surface area (Å²) >= 11 is 7.43. The van der Waals surface area contributed by atoms with Crippen molar-refractivity contribution < 1.29 is 4.74 Å². The molecule has 4 nitrogen and oxygen atoms in total. The number of rotatable bonds is 9. The Labute approximate surface area is 168 Å². The molecule has 2 aromatic carbocycles. The average Bonchev–Trinajstić information content (AvgIpc) is 3.16. The van der Waals surface area contributed by atoms with Crippen molar-refractivity contribution in [3.05, 3.63) is 64.5 Å². The van der Waals surface area contributed by atoms with Gasteiger partial charge in [0.1, 0.15) is 5.75 Å². The monoisotopic (exact) mass is 399 g/mol. The van der Waals surface area contributed by atoms with E-state index < -0.39 is 0 Å². The van der Waals surface area contributed by atoms with Gasteiger partial charge in [-0.1, -0.05) is 43.5 Å². The number of hydrogen-bond donors (Lipinski definition) is 1. The number of unbranched alkanes of at least 4 members (excludes halogenated alkanes) is 2. The SMILES string of the molecule is CCCCCOc1ccc(/C=N\Nc2nc(-c3ccc(Cl)cc3)cs2)cc1. The van der Waals surface area contributed by atoms with Crippen molar-refractivity contribution in [2.24, 2.45) is 5.10 Å². The number of ether oxygens (including phenoxy) is 1. The standard InChI is InChI=1S/C21H22ClN3OS/c1-2-3-4-13-26-19-11-5-16(6-12-19)14-23-25-21-24-20(15-27-21)17-7-9-18(22)10-8-17/h5-12,14-15H,2-4,13H2,1H3,(H,24,25)/b23-14-. The van der Waals surface area contributed by atoms with Crippen LogP contribution in [0.4, 0.5) is 5.13 Å². The Morgan fingerprint density at radius 2 is 1.89 bits per heavy atom. The Balaban J connectivity index is 1.51. The van der Waals surface area contributed by atoms with Crippen LogP contribution in [0.3, 0.4) is 0 Å². The lowest BCUT2D eigenvalue weighted by atomic mass is 10.2. The van der Waals surface area contributed by atoms with Gasteiger partial charge < -0.3 is 4.74 Å². The van der Waals surface area contributed by atoms with Crippen molar-refractivity contribution in [1.82, 2.24) is 4.98 Å². The minimum atomic E-state index is 0.717. The van der Waals surface area contributed by atoms with Crippen molar-refractivity contribution in [1.29, 1.82) is 0 Å². The highest BCUT2D eigenvalue weighted by atomic mass is 35.5.